The Morgan fingerprint density at radius 3 is 2.53 bits per heavy atom. The molecule has 0 saturated carbocycles. The highest BCUT2D eigenvalue weighted by Gasteiger charge is 2.30. The zero-order valence-electron chi connectivity index (χ0n) is 8.83. The number of imide groups is 1. The van der Waals surface area contributed by atoms with Gasteiger partial charge < -0.3 is 5.32 Å². The summed E-state index contributed by atoms with van der Waals surface area (Å²) in [4.78, 5) is 23.8. The van der Waals surface area contributed by atoms with E-state index < -0.39 is 6.03 Å². The molecular weight excluding hydrogens is 263 g/mol. The number of hydrogen-bond acceptors (Lipinski definition) is 2. The Kier molecular flexibility index (Phi) is 3.09. The lowest BCUT2D eigenvalue weighted by Gasteiger charge is -2.01. The molecule has 88 valence electrons. The number of halogens is 2. The molecule has 3 amide bonds. The molecule has 17 heavy (non-hydrogen) atoms. The Balaban J connectivity index is 2.37. The van der Waals surface area contributed by atoms with Crippen molar-refractivity contribution >= 4 is 41.2 Å². The number of carbonyl (C=O) groups excluding carboxylic acids is 2. The molecule has 1 aliphatic rings. The average molecular weight is 271 g/mol. The fourth-order valence-corrected chi connectivity index (χ4v) is 1.86. The van der Waals surface area contributed by atoms with Crippen molar-refractivity contribution in [1.29, 1.82) is 0 Å². The largest absolute Gasteiger partial charge is 0.328 e. The zero-order valence-corrected chi connectivity index (χ0v) is 10.3. The van der Waals surface area contributed by atoms with Crippen LogP contribution in [-0.2, 0) is 4.79 Å². The van der Waals surface area contributed by atoms with Gasteiger partial charge in [0.1, 0.15) is 5.70 Å². The van der Waals surface area contributed by atoms with Gasteiger partial charge in [0.2, 0.25) is 0 Å². The number of hydrogen-bond donors (Lipinski definition) is 1. The molecule has 1 N–H and O–H groups in total. The molecule has 0 atom stereocenters. The maximum absolute atomic E-state index is 11.6. The van der Waals surface area contributed by atoms with E-state index in [0.717, 1.165) is 4.90 Å². The van der Waals surface area contributed by atoms with Gasteiger partial charge in [0.15, 0.2) is 0 Å². The predicted octanol–water partition coefficient (Wildman–Crippen LogP) is 2.52. The van der Waals surface area contributed by atoms with Crippen molar-refractivity contribution in [3.05, 3.63) is 39.5 Å². The minimum absolute atomic E-state index is 0.196. The van der Waals surface area contributed by atoms with Crippen molar-refractivity contribution in [2.24, 2.45) is 0 Å². The predicted molar refractivity (Wildman–Crippen MR) is 65.7 cm³/mol. The van der Waals surface area contributed by atoms with E-state index in [1.165, 1.54) is 13.1 Å². The van der Waals surface area contributed by atoms with Gasteiger partial charge in [0, 0.05) is 17.1 Å². The van der Waals surface area contributed by atoms with E-state index in [9.17, 15) is 9.59 Å². The van der Waals surface area contributed by atoms with E-state index in [-0.39, 0.29) is 11.6 Å². The summed E-state index contributed by atoms with van der Waals surface area (Å²) < 4.78 is 0. The number of carbonyl (C=O) groups is 2. The SMILES string of the molecule is CN1C(=O)N/C(=C/c2ccc(Cl)cc2Cl)C1=O. The molecule has 1 aromatic rings. The van der Waals surface area contributed by atoms with Crippen LogP contribution in [0, 0.1) is 0 Å². The second-order valence-electron chi connectivity index (χ2n) is 3.52. The highest BCUT2D eigenvalue weighted by atomic mass is 35.5. The van der Waals surface area contributed by atoms with Crippen molar-refractivity contribution in [2.45, 2.75) is 0 Å². The molecule has 0 aliphatic carbocycles. The Labute approximate surface area is 108 Å². The molecule has 0 radical (unpaired) electrons. The van der Waals surface area contributed by atoms with Crippen LogP contribution in [0.3, 0.4) is 0 Å². The molecule has 1 heterocycles. The summed E-state index contributed by atoms with van der Waals surface area (Å²) in [7, 11) is 1.40. The van der Waals surface area contributed by atoms with Gasteiger partial charge in [-0.2, -0.15) is 0 Å². The normalized spacial score (nSPS) is 17.8. The lowest BCUT2D eigenvalue weighted by molar-refractivity contribution is -0.121. The third-order valence-electron chi connectivity index (χ3n) is 2.34. The van der Waals surface area contributed by atoms with Gasteiger partial charge >= 0.3 is 6.03 Å². The molecule has 0 spiro atoms. The van der Waals surface area contributed by atoms with Crippen LogP contribution in [0.5, 0.6) is 0 Å². The highest BCUT2D eigenvalue weighted by molar-refractivity contribution is 6.35. The number of likely N-dealkylation sites (N-methyl/N-ethyl adjacent to an activating group) is 1. The first-order valence-electron chi connectivity index (χ1n) is 4.75. The first-order chi connectivity index (χ1) is 7.99. The van der Waals surface area contributed by atoms with Crippen molar-refractivity contribution < 1.29 is 9.59 Å². The van der Waals surface area contributed by atoms with Gasteiger partial charge in [-0.05, 0) is 23.8 Å². The third-order valence-corrected chi connectivity index (χ3v) is 2.91. The maximum Gasteiger partial charge on any atom is 0.328 e. The number of nitrogens with one attached hydrogen (secondary N) is 1. The Morgan fingerprint density at radius 2 is 2.00 bits per heavy atom. The molecule has 1 aromatic carbocycles. The summed E-state index contributed by atoms with van der Waals surface area (Å²) in [5, 5.41) is 3.38. The van der Waals surface area contributed by atoms with E-state index in [1.54, 1.807) is 18.2 Å². The standard InChI is InChI=1S/C11H8Cl2N2O2/c1-15-10(16)9(14-11(15)17)4-6-2-3-7(12)5-8(6)13/h2-5H,1H3,(H,14,17)/b9-4+. The van der Waals surface area contributed by atoms with Crippen molar-refractivity contribution in [2.75, 3.05) is 7.05 Å². The van der Waals surface area contributed by atoms with Crippen LogP contribution >= 0.6 is 23.2 Å². The first kappa shape index (κ1) is 12.0. The minimum Gasteiger partial charge on any atom is -0.303 e. The zero-order chi connectivity index (χ0) is 12.6. The van der Waals surface area contributed by atoms with E-state index in [0.29, 0.717) is 15.6 Å². The van der Waals surface area contributed by atoms with Gasteiger partial charge in [-0.15, -0.1) is 0 Å². The Bertz CT molecular complexity index is 540. The lowest BCUT2D eigenvalue weighted by Crippen LogP contribution is -2.25. The summed E-state index contributed by atoms with van der Waals surface area (Å²) in [5.74, 6) is -0.388. The Morgan fingerprint density at radius 1 is 1.29 bits per heavy atom. The van der Waals surface area contributed by atoms with Crippen LogP contribution in [0.4, 0.5) is 4.79 Å². The second kappa shape index (κ2) is 4.39. The molecule has 6 heteroatoms. The highest BCUT2D eigenvalue weighted by Crippen LogP contribution is 2.23. The molecule has 0 aromatic heterocycles. The first-order valence-corrected chi connectivity index (χ1v) is 5.50. The van der Waals surface area contributed by atoms with Crippen LogP contribution in [0.25, 0.3) is 6.08 Å². The van der Waals surface area contributed by atoms with Crippen LogP contribution in [0.2, 0.25) is 10.0 Å². The van der Waals surface area contributed by atoms with Crippen molar-refractivity contribution in [3.63, 3.8) is 0 Å². The van der Waals surface area contributed by atoms with Crippen molar-refractivity contribution in [1.82, 2.24) is 10.2 Å². The number of amides is 3. The van der Waals surface area contributed by atoms with Crippen LogP contribution in [0.15, 0.2) is 23.9 Å². The van der Waals surface area contributed by atoms with Crippen LogP contribution in [-0.4, -0.2) is 23.9 Å². The average Bonchev–Trinajstić information content (AvgIpc) is 2.50. The molecule has 2 rings (SSSR count). The molecular formula is C11H8Cl2N2O2. The number of benzene rings is 1. The summed E-state index contributed by atoms with van der Waals surface area (Å²) in [6.07, 6.45) is 1.52. The summed E-state index contributed by atoms with van der Waals surface area (Å²) >= 11 is 11.7. The number of rotatable bonds is 1. The van der Waals surface area contributed by atoms with Gasteiger partial charge in [0.25, 0.3) is 5.91 Å². The second-order valence-corrected chi connectivity index (χ2v) is 4.36. The summed E-state index contributed by atoms with van der Waals surface area (Å²) in [6, 6.07) is 4.45. The van der Waals surface area contributed by atoms with Crippen LogP contribution < -0.4 is 5.32 Å². The van der Waals surface area contributed by atoms with Crippen LogP contribution in [0.1, 0.15) is 5.56 Å². The van der Waals surface area contributed by atoms with Crippen molar-refractivity contribution in [3.8, 4) is 0 Å². The van der Waals surface area contributed by atoms with E-state index in [2.05, 4.69) is 5.32 Å². The summed E-state index contributed by atoms with van der Waals surface area (Å²) in [5.41, 5.74) is 0.816. The van der Waals surface area contributed by atoms with Gasteiger partial charge in [-0.1, -0.05) is 29.3 Å². The van der Waals surface area contributed by atoms with Gasteiger partial charge in [-0.3, -0.25) is 9.69 Å². The molecule has 0 bridgehead atoms. The maximum atomic E-state index is 11.6. The van der Waals surface area contributed by atoms with Gasteiger partial charge in [0.05, 0.1) is 0 Å². The quantitative estimate of drug-likeness (QED) is 0.630. The molecule has 4 nitrogen and oxygen atoms in total. The smallest absolute Gasteiger partial charge is 0.303 e. The fraction of sp³-hybridized carbons (Fsp3) is 0.0909. The third kappa shape index (κ3) is 2.28. The molecule has 1 fully saturated rings. The minimum atomic E-state index is -0.452. The number of urea groups is 1. The van der Waals surface area contributed by atoms with Gasteiger partial charge in [-0.25, -0.2) is 4.79 Å². The molecule has 1 saturated heterocycles. The topological polar surface area (TPSA) is 49.4 Å². The van der Waals surface area contributed by atoms with E-state index >= 15 is 0 Å². The lowest BCUT2D eigenvalue weighted by atomic mass is 10.2. The monoisotopic (exact) mass is 270 g/mol. The Hall–Kier alpha value is -1.52. The fourth-order valence-electron chi connectivity index (χ4n) is 1.40. The summed E-state index contributed by atoms with van der Waals surface area (Å²) in [6.45, 7) is 0. The van der Waals surface area contributed by atoms with E-state index in [1.807, 2.05) is 0 Å². The number of nitrogens with zero attached hydrogens (tertiary/aromatic N) is 1. The molecule has 0 unspecified atom stereocenters. The molecule has 1 aliphatic heterocycles. The van der Waals surface area contributed by atoms with E-state index in [4.69, 9.17) is 23.2 Å².